The molecule has 1 heterocycles. The van der Waals surface area contributed by atoms with Gasteiger partial charge in [0.2, 0.25) is 0 Å². The number of hydrogen-bond donors (Lipinski definition) is 0. The lowest BCUT2D eigenvalue weighted by Gasteiger charge is -2.16. The van der Waals surface area contributed by atoms with Gasteiger partial charge >= 0.3 is 0 Å². The van der Waals surface area contributed by atoms with Crippen LogP contribution in [0.2, 0.25) is 0 Å². The van der Waals surface area contributed by atoms with Crippen molar-refractivity contribution in [1.82, 2.24) is 4.90 Å². The predicted octanol–water partition coefficient (Wildman–Crippen LogP) is 4.70. The summed E-state index contributed by atoms with van der Waals surface area (Å²) < 4.78 is 5.18. The zero-order valence-electron chi connectivity index (χ0n) is 13.7. The van der Waals surface area contributed by atoms with Crippen LogP contribution in [0, 0.1) is 0 Å². The number of nitrogens with zero attached hydrogens (tertiary/aromatic N) is 1. The molecule has 0 aliphatic heterocycles. The molecule has 0 bridgehead atoms. The average Bonchev–Trinajstić information content (AvgIpc) is 3.12. The largest absolute Gasteiger partial charge is 0.497 e. The van der Waals surface area contributed by atoms with E-state index in [0.717, 1.165) is 26.6 Å². The van der Waals surface area contributed by atoms with E-state index in [4.69, 9.17) is 4.74 Å². The third-order valence-electron chi connectivity index (χ3n) is 3.80. The van der Waals surface area contributed by atoms with Crippen LogP contribution in [0.15, 0.2) is 66.7 Å². The SMILES string of the molecule is COc1ccc(-c2ccc(C(=O)N(C)Cc3ccccc3)s2)cc1. The van der Waals surface area contributed by atoms with Crippen molar-refractivity contribution in [2.45, 2.75) is 6.54 Å². The van der Waals surface area contributed by atoms with Crippen LogP contribution in [0.25, 0.3) is 10.4 Å². The molecular weight excluding hydrogens is 318 g/mol. The van der Waals surface area contributed by atoms with Gasteiger partial charge in [0.05, 0.1) is 12.0 Å². The van der Waals surface area contributed by atoms with Gasteiger partial charge in [-0.25, -0.2) is 0 Å². The van der Waals surface area contributed by atoms with Crippen LogP contribution < -0.4 is 4.74 Å². The fourth-order valence-corrected chi connectivity index (χ4v) is 3.49. The Morgan fingerprint density at radius 1 is 1.00 bits per heavy atom. The van der Waals surface area contributed by atoms with E-state index in [1.165, 1.54) is 11.3 Å². The number of thiophene rings is 1. The number of carbonyl (C=O) groups is 1. The fraction of sp³-hybridized carbons (Fsp3) is 0.150. The monoisotopic (exact) mass is 337 g/mol. The summed E-state index contributed by atoms with van der Waals surface area (Å²) in [5, 5.41) is 0. The average molecular weight is 337 g/mol. The second kappa shape index (κ2) is 7.32. The molecule has 1 aromatic heterocycles. The maximum atomic E-state index is 12.6. The Morgan fingerprint density at radius 3 is 2.38 bits per heavy atom. The minimum absolute atomic E-state index is 0.0450. The number of amides is 1. The van der Waals surface area contributed by atoms with Crippen LogP contribution in [0.3, 0.4) is 0 Å². The number of benzene rings is 2. The van der Waals surface area contributed by atoms with Gasteiger partial charge in [0.15, 0.2) is 0 Å². The summed E-state index contributed by atoms with van der Waals surface area (Å²) in [4.78, 5) is 16.2. The molecule has 3 aromatic rings. The van der Waals surface area contributed by atoms with Gasteiger partial charge in [0.25, 0.3) is 5.91 Å². The number of carbonyl (C=O) groups excluding carboxylic acids is 1. The first-order chi connectivity index (χ1) is 11.7. The zero-order chi connectivity index (χ0) is 16.9. The molecule has 1 amide bonds. The molecule has 0 saturated heterocycles. The molecule has 122 valence electrons. The van der Waals surface area contributed by atoms with Gasteiger partial charge in [-0.3, -0.25) is 4.79 Å². The molecule has 0 aliphatic rings. The van der Waals surface area contributed by atoms with Crippen molar-refractivity contribution >= 4 is 17.2 Å². The van der Waals surface area contributed by atoms with Gasteiger partial charge < -0.3 is 9.64 Å². The number of methoxy groups -OCH3 is 1. The molecule has 0 radical (unpaired) electrons. The minimum Gasteiger partial charge on any atom is -0.497 e. The second-order valence-electron chi connectivity index (χ2n) is 5.54. The Bertz CT molecular complexity index is 809. The molecule has 0 saturated carbocycles. The Kier molecular flexibility index (Phi) is 4.96. The quantitative estimate of drug-likeness (QED) is 0.675. The first-order valence-corrected chi connectivity index (χ1v) is 8.52. The van der Waals surface area contributed by atoms with Crippen molar-refractivity contribution in [2.75, 3.05) is 14.2 Å². The van der Waals surface area contributed by atoms with E-state index in [0.29, 0.717) is 6.54 Å². The van der Waals surface area contributed by atoms with E-state index in [1.54, 1.807) is 12.0 Å². The summed E-state index contributed by atoms with van der Waals surface area (Å²) in [5.41, 5.74) is 2.21. The molecule has 0 fully saturated rings. The van der Waals surface area contributed by atoms with Gasteiger partial charge in [-0.1, -0.05) is 30.3 Å². The van der Waals surface area contributed by atoms with Crippen LogP contribution in [0.4, 0.5) is 0 Å². The molecule has 4 heteroatoms. The number of hydrogen-bond acceptors (Lipinski definition) is 3. The Labute approximate surface area is 146 Å². The van der Waals surface area contributed by atoms with Crippen molar-refractivity contribution in [2.24, 2.45) is 0 Å². The van der Waals surface area contributed by atoms with E-state index in [2.05, 4.69) is 0 Å². The maximum absolute atomic E-state index is 12.6. The zero-order valence-corrected chi connectivity index (χ0v) is 14.5. The molecule has 2 aromatic carbocycles. The molecule has 24 heavy (non-hydrogen) atoms. The lowest BCUT2D eigenvalue weighted by Crippen LogP contribution is -2.25. The summed E-state index contributed by atoms with van der Waals surface area (Å²) in [7, 11) is 3.49. The van der Waals surface area contributed by atoms with Crippen LogP contribution >= 0.6 is 11.3 Å². The Balaban J connectivity index is 1.73. The minimum atomic E-state index is 0.0450. The highest BCUT2D eigenvalue weighted by Crippen LogP contribution is 2.30. The van der Waals surface area contributed by atoms with E-state index in [9.17, 15) is 4.79 Å². The molecular formula is C20H19NO2S. The third kappa shape index (κ3) is 3.66. The van der Waals surface area contributed by atoms with Crippen LogP contribution in [-0.2, 0) is 6.54 Å². The Hall–Kier alpha value is -2.59. The van der Waals surface area contributed by atoms with Crippen molar-refractivity contribution in [3.05, 3.63) is 77.2 Å². The van der Waals surface area contributed by atoms with Crippen molar-refractivity contribution in [3.8, 4) is 16.2 Å². The molecule has 3 rings (SSSR count). The van der Waals surface area contributed by atoms with Crippen molar-refractivity contribution in [3.63, 3.8) is 0 Å². The highest BCUT2D eigenvalue weighted by atomic mass is 32.1. The molecule has 3 nitrogen and oxygen atoms in total. The van der Waals surface area contributed by atoms with Gasteiger partial charge in [0, 0.05) is 18.5 Å². The second-order valence-corrected chi connectivity index (χ2v) is 6.62. The van der Waals surface area contributed by atoms with Crippen LogP contribution in [0.5, 0.6) is 5.75 Å². The molecule has 0 spiro atoms. The summed E-state index contributed by atoms with van der Waals surface area (Å²) in [6.07, 6.45) is 0. The lowest BCUT2D eigenvalue weighted by atomic mass is 10.2. The van der Waals surface area contributed by atoms with Crippen LogP contribution in [-0.4, -0.2) is 25.0 Å². The summed E-state index contributed by atoms with van der Waals surface area (Å²) in [6, 6.07) is 21.8. The third-order valence-corrected chi connectivity index (χ3v) is 4.92. The lowest BCUT2D eigenvalue weighted by molar-refractivity contribution is 0.0790. The topological polar surface area (TPSA) is 29.5 Å². The molecule has 0 unspecified atom stereocenters. The highest BCUT2D eigenvalue weighted by Gasteiger charge is 2.15. The van der Waals surface area contributed by atoms with Crippen LogP contribution in [0.1, 0.15) is 15.2 Å². The summed E-state index contributed by atoms with van der Waals surface area (Å²) in [6.45, 7) is 0.607. The maximum Gasteiger partial charge on any atom is 0.263 e. The highest BCUT2D eigenvalue weighted by molar-refractivity contribution is 7.17. The van der Waals surface area contributed by atoms with Gasteiger partial charge in [-0.05, 0) is 47.5 Å². The van der Waals surface area contributed by atoms with Gasteiger partial charge in [-0.2, -0.15) is 0 Å². The van der Waals surface area contributed by atoms with E-state index >= 15 is 0 Å². The summed E-state index contributed by atoms with van der Waals surface area (Å²) >= 11 is 1.51. The van der Waals surface area contributed by atoms with E-state index in [1.807, 2.05) is 73.8 Å². The van der Waals surface area contributed by atoms with Crippen molar-refractivity contribution < 1.29 is 9.53 Å². The molecule has 0 N–H and O–H groups in total. The summed E-state index contributed by atoms with van der Waals surface area (Å²) in [5.74, 6) is 0.873. The normalized spacial score (nSPS) is 10.4. The Morgan fingerprint density at radius 2 is 1.71 bits per heavy atom. The fourth-order valence-electron chi connectivity index (χ4n) is 2.48. The molecule has 0 atom stereocenters. The van der Waals surface area contributed by atoms with Crippen molar-refractivity contribution in [1.29, 1.82) is 0 Å². The first-order valence-electron chi connectivity index (χ1n) is 7.71. The molecule has 0 aliphatic carbocycles. The van der Waals surface area contributed by atoms with E-state index in [-0.39, 0.29) is 5.91 Å². The first kappa shape index (κ1) is 16.3. The predicted molar refractivity (Wildman–Crippen MR) is 98.5 cm³/mol. The standard InChI is InChI=1S/C20H19NO2S/c1-21(14-15-6-4-3-5-7-15)20(22)19-13-12-18(24-19)16-8-10-17(23-2)11-9-16/h3-13H,14H2,1-2H3. The van der Waals surface area contributed by atoms with Gasteiger partial charge in [0.1, 0.15) is 5.75 Å². The number of ether oxygens (including phenoxy) is 1. The van der Waals surface area contributed by atoms with E-state index < -0.39 is 0 Å². The smallest absolute Gasteiger partial charge is 0.263 e. The van der Waals surface area contributed by atoms with Gasteiger partial charge in [-0.15, -0.1) is 11.3 Å². The number of rotatable bonds is 5.